The van der Waals surface area contributed by atoms with Crippen LogP contribution in [0.3, 0.4) is 0 Å². The molecule has 1 aliphatic rings. The predicted octanol–water partition coefficient (Wildman–Crippen LogP) is 13.8. The summed E-state index contributed by atoms with van der Waals surface area (Å²) in [5, 5.41) is 0. The molecule has 0 amide bonds. The topological polar surface area (TPSA) is 18.5 Å². The Morgan fingerprint density at radius 1 is 0.463 bits per heavy atom. The zero-order valence-corrected chi connectivity index (χ0v) is 37.9. The van der Waals surface area contributed by atoms with Crippen LogP contribution in [0.15, 0.2) is 167 Å². The van der Waals surface area contributed by atoms with Crippen molar-refractivity contribution in [3.05, 3.63) is 192 Å². The molecule has 54 heavy (non-hydrogen) atoms. The molecule has 0 radical (unpaired) electrons. The van der Waals surface area contributed by atoms with Gasteiger partial charge in [-0.25, -0.2) is 0 Å². The number of hydrogen-bond acceptors (Lipinski definition) is 2. The van der Waals surface area contributed by atoms with Crippen LogP contribution in [0.25, 0.3) is 11.1 Å². The lowest BCUT2D eigenvalue weighted by molar-refractivity contribution is 0.00578. The highest BCUT2D eigenvalue weighted by Crippen LogP contribution is 2.37. The van der Waals surface area contributed by atoms with E-state index in [0.717, 1.165) is 14.4 Å². The maximum atomic E-state index is 6.14. The third-order valence-electron chi connectivity index (χ3n) is 10.7. The molecule has 6 heteroatoms. The molecule has 1 fully saturated rings. The van der Waals surface area contributed by atoms with Crippen molar-refractivity contribution in [3.63, 3.8) is 0 Å². The van der Waals surface area contributed by atoms with Gasteiger partial charge in [-0.1, -0.05) is 187 Å². The Morgan fingerprint density at radius 3 is 1.28 bits per heavy atom. The second-order valence-corrected chi connectivity index (χ2v) is 18.8. The van der Waals surface area contributed by atoms with Crippen molar-refractivity contribution in [2.24, 2.45) is 0 Å². The molecule has 1 aliphatic heterocycles. The summed E-state index contributed by atoms with van der Waals surface area (Å²) in [5.41, 5.74) is 8.19. The highest BCUT2D eigenvalue weighted by molar-refractivity contribution is 14.1. The van der Waals surface area contributed by atoms with E-state index in [9.17, 15) is 0 Å². The van der Waals surface area contributed by atoms with Crippen LogP contribution < -0.4 is 5.46 Å². The van der Waals surface area contributed by atoms with E-state index >= 15 is 0 Å². The van der Waals surface area contributed by atoms with Gasteiger partial charge in [-0.2, -0.15) is 0 Å². The van der Waals surface area contributed by atoms with Gasteiger partial charge in [0.2, 0.25) is 0 Å². The Labute approximate surface area is 354 Å². The fourth-order valence-corrected chi connectivity index (χ4v) is 8.06. The maximum absolute atomic E-state index is 6.14. The van der Waals surface area contributed by atoms with Gasteiger partial charge < -0.3 is 9.31 Å². The second kappa shape index (κ2) is 17.9. The Kier molecular flexibility index (Phi) is 13.9. The van der Waals surface area contributed by atoms with Gasteiger partial charge in [0.1, 0.15) is 0 Å². The van der Waals surface area contributed by atoms with Crippen LogP contribution >= 0.6 is 54.5 Å². The third kappa shape index (κ3) is 10.4. The van der Waals surface area contributed by atoms with Crippen molar-refractivity contribution in [3.8, 4) is 11.1 Å². The molecule has 0 N–H and O–H groups in total. The van der Waals surface area contributed by atoms with Gasteiger partial charge in [-0.15, -0.1) is 0 Å². The minimum absolute atomic E-state index is 0.0110. The van der Waals surface area contributed by atoms with Gasteiger partial charge in [0.05, 0.1) is 11.2 Å². The van der Waals surface area contributed by atoms with E-state index in [4.69, 9.17) is 9.31 Å². The van der Waals surface area contributed by atoms with Crippen molar-refractivity contribution in [2.75, 3.05) is 0 Å². The molecule has 6 aromatic carbocycles. The summed E-state index contributed by atoms with van der Waals surface area (Å²) < 4.78 is 15.8. The van der Waals surface area contributed by atoms with Gasteiger partial charge >= 0.3 is 7.12 Å². The molecule has 6 aromatic rings. The minimum Gasteiger partial charge on any atom is -0.399 e. The first-order chi connectivity index (χ1) is 25.5. The molecule has 0 bridgehead atoms. The molecule has 278 valence electrons. The SMILES string of the molecule is Brc1cccc(I)c1.CC(C)(c1ccccc1)c1ccc(-c2cccc(Br)c2)cc1.CC(C)(c1ccccc1)c1ccc(B2OC(C)(C)C(C)(C)O2)cc1. The normalized spacial score (nSPS) is 14.7. The first kappa shape index (κ1) is 42.1. The maximum Gasteiger partial charge on any atom is 0.494 e. The van der Waals surface area contributed by atoms with Crippen molar-refractivity contribution < 1.29 is 9.31 Å². The van der Waals surface area contributed by atoms with Crippen LogP contribution in [0.5, 0.6) is 0 Å². The summed E-state index contributed by atoms with van der Waals surface area (Å²) in [5.74, 6) is 0. The van der Waals surface area contributed by atoms with Gasteiger partial charge in [0.25, 0.3) is 0 Å². The summed E-state index contributed by atoms with van der Waals surface area (Å²) in [6, 6.07) is 55.4. The van der Waals surface area contributed by atoms with E-state index in [0.29, 0.717) is 0 Å². The van der Waals surface area contributed by atoms with Crippen molar-refractivity contribution >= 4 is 67.0 Å². The molecule has 0 aromatic heterocycles. The molecule has 0 unspecified atom stereocenters. The predicted molar refractivity (Wildman–Crippen MR) is 246 cm³/mol. The first-order valence-corrected chi connectivity index (χ1v) is 21.0. The van der Waals surface area contributed by atoms with E-state index < -0.39 is 0 Å². The molecule has 0 saturated carbocycles. The fourth-order valence-electron chi connectivity index (χ4n) is 6.29. The average molecular weight is 956 g/mol. The van der Waals surface area contributed by atoms with Crippen molar-refractivity contribution in [1.82, 2.24) is 0 Å². The highest BCUT2D eigenvalue weighted by Gasteiger charge is 2.51. The molecule has 0 aliphatic carbocycles. The fraction of sp³-hybridized carbons (Fsp3) is 0.250. The Balaban J connectivity index is 0.000000173. The van der Waals surface area contributed by atoms with Gasteiger partial charge in [-0.3, -0.25) is 0 Å². The van der Waals surface area contributed by atoms with Crippen LogP contribution in [0.2, 0.25) is 0 Å². The second-order valence-electron chi connectivity index (χ2n) is 15.7. The van der Waals surface area contributed by atoms with E-state index in [1.807, 2.05) is 12.1 Å². The van der Waals surface area contributed by atoms with E-state index in [1.54, 1.807) is 0 Å². The van der Waals surface area contributed by atoms with Gasteiger partial charge in [0.15, 0.2) is 0 Å². The van der Waals surface area contributed by atoms with Crippen LogP contribution in [0, 0.1) is 3.57 Å². The standard InChI is InChI=1S/C21H27BO2.C21H19Br.C6H4BrI/c1-19(2,16-10-8-7-9-11-16)17-12-14-18(15-13-17)22-23-20(3,4)21(5,6)24-22;1-21(2,18-8-4-3-5-9-18)19-13-11-16(12-14-19)17-7-6-10-20(22)15-17;7-5-2-1-3-6(8)4-5/h7-15H,1-6H3;3-15H,1-2H3;1-4H. The molecule has 0 atom stereocenters. The Morgan fingerprint density at radius 2 is 0.870 bits per heavy atom. The molecular formula is C48H50BBr2IO2. The Bertz CT molecular complexity index is 2060. The molecule has 0 spiro atoms. The van der Waals surface area contributed by atoms with Crippen LogP contribution in [-0.2, 0) is 20.1 Å². The van der Waals surface area contributed by atoms with E-state index in [2.05, 4.69) is 255 Å². The summed E-state index contributed by atoms with van der Waals surface area (Å²) in [7, 11) is -0.302. The number of halogens is 3. The number of rotatable bonds is 6. The summed E-state index contributed by atoms with van der Waals surface area (Å²) in [6.45, 7) is 17.4. The van der Waals surface area contributed by atoms with Crippen LogP contribution in [0.4, 0.5) is 0 Å². The van der Waals surface area contributed by atoms with E-state index in [1.165, 1.54) is 37.0 Å². The molecular weight excluding hydrogens is 906 g/mol. The molecule has 1 saturated heterocycles. The van der Waals surface area contributed by atoms with Crippen LogP contribution in [-0.4, -0.2) is 18.3 Å². The van der Waals surface area contributed by atoms with Crippen molar-refractivity contribution in [1.29, 1.82) is 0 Å². The molecule has 2 nitrogen and oxygen atoms in total. The van der Waals surface area contributed by atoms with E-state index in [-0.39, 0.29) is 29.2 Å². The zero-order chi connectivity index (χ0) is 39.1. The minimum atomic E-state index is -0.306. The largest absolute Gasteiger partial charge is 0.494 e. The molecule has 1 heterocycles. The molecule has 7 rings (SSSR count). The first-order valence-electron chi connectivity index (χ1n) is 18.3. The lowest BCUT2D eigenvalue weighted by atomic mass is 9.74. The lowest BCUT2D eigenvalue weighted by Gasteiger charge is -2.32. The monoisotopic (exact) mass is 954 g/mol. The average Bonchev–Trinajstić information content (AvgIpc) is 3.38. The smallest absolute Gasteiger partial charge is 0.399 e. The van der Waals surface area contributed by atoms with Crippen molar-refractivity contribution in [2.45, 2.75) is 77.4 Å². The quantitative estimate of drug-likeness (QED) is 0.122. The summed E-state index contributed by atoms with van der Waals surface area (Å²) in [4.78, 5) is 0. The van der Waals surface area contributed by atoms with Gasteiger partial charge in [0, 0.05) is 23.3 Å². The summed E-state index contributed by atoms with van der Waals surface area (Å²) >= 11 is 9.17. The lowest BCUT2D eigenvalue weighted by Crippen LogP contribution is -2.41. The number of benzene rings is 6. The number of hydrogen-bond donors (Lipinski definition) is 0. The van der Waals surface area contributed by atoms with Gasteiger partial charge in [-0.05, 0) is 119 Å². The Hall–Kier alpha value is -3.01. The highest BCUT2D eigenvalue weighted by atomic mass is 127. The zero-order valence-electron chi connectivity index (χ0n) is 32.5. The summed E-state index contributed by atoms with van der Waals surface area (Å²) in [6.07, 6.45) is 0. The van der Waals surface area contributed by atoms with Crippen LogP contribution in [0.1, 0.15) is 77.6 Å². The third-order valence-corrected chi connectivity index (χ3v) is 12.4.